The van der Waals surface area contributed by atoms with Gasteiger partial charge >= 0.3 is 5.97 Å². The minimum Gasteiger partial charge on any atom is -0.481 e. The zero-order valence-electron chi connectivity index (χ0n) is 17.3. The third kappa shape index (κ3) is 4.19. The molecule has 2 heterocycles. The Morgan fingerprint density at radius 2 is 1.93 bits per heavy atom. The zero-order valence-corrected chi connectivity index (χ0v) is 17.3. The van der Waals surface area contributed by atoms with Gasteiger partial charge in [0.05, 0.1) is 23.8 Å². The first-order valence-electron chi connectivity index (χ1n) is 10.1. The lowest BCUT2D eigenvalue weighted by Crippen LogP contribution is -2.56. The molecule has 7 heteroatoms. The Kier molecular flexibility index (Phi) is 6.07. The molecule has 29 heavy (non-hydrogen) atoms. The second kappa shape index (κ2) is 8.37. The summed E-state index contributed by atoms with van der Waals surface area (Å²) in [6.07, 6.45) is 0.280. The molecule has 1 amide bonds. The first-order valence-corrected chi connectivity index (χ1v) is 10.1. The van der Waals surface area contributed by atoms with Gasteiger partial charge in [-0.3, -0.25) is 14.3 Å². The van der Waals surface area contributed by atoms with Crippen LogP contribution in [0.2, 0.25) is 0 Å². The van der Waals surface area contributed by atoms with Crippen molar-refractivity contribution in [2.24, 2.45) is 5.41 Å². The van der Waals surface area contributed by atoms with Gasteiger partial charge in [-0.25, -0.2) is 0 Å². The van der Waals surface area contributed by atoms with E-state index in [1.807, 2.05) is 43.7 Å². The molecule has 1 saturated heterocycles. The van der Waals surface area contributed by atoms with E-state index in [4.69, 9.17) is 0 Å². The molecule has 0 radical (unpaired) electrons. The Balaban J connectivity index is 1.68. The number of aliphatic hydroxyl groups is 1. The minimum absolute atomic E-state index is 0.0403. The van der Waals surface area contributed by atoms with Crippen LogP contribution in [0.25, 0.3) is 0 Å². The fourth-order valence-electron chi connectivity index (χ4n) is 4.20. The molecule has 3 rings (SSSR count). The van der Waals surface area contributed by atoms with E-state index in [0.29, 0.717) is 31.5 Å². The van der Waals surface area contributed by atoms with Crippen LogP contribution in [0.15, 0.2) is 30.3 Å². The number of benzene rings is 1. The highest BCUT2D eigenvalue weighted by molar-refractivity contribution is 5.94. The largest absolute Gasteiger partial charge is 0.481 e. The molecule has 0 bridgehead atoms. The number of nitrogens with zero attached hydrogens (tertiary/aromatic N) is 3. The average molecular weight is 399 g/mol. The molecule has 0 unspecified atom stereocenters. The van der Waals surface area contributed by atoms with E-state index >= 15 is 0 Å². The van der Waals surface area contributed by atoms with E-state index in [1.54, 1.807) is 17.0 Å². The van der Waals surface area contributed by atoms with Gasteiger partial charge in [0.25, 0.3) is 5.91 Å². The zero-order chi connectivity index (χ0) is 21.2. The molecule has 1 aliphatic heterocycles. The fraction of sp³-hybridized carbons (Fsp3) is 0.500. The molecule has 1 aromatic carbocycles. The molecule has 0 saturated carbocycles. The van der Waals surface area contributed by atoms with Crippen LogP contribution in [0, 0.1) is 19.3 Å². The van der Waals surface area contributed by atoms with Crippen LogP contribution in [-0.2, 0) is 11.3 Å². The lowest BCUT2D eigenvalue weighted by molar-refractivity contribution is -0.162. The van der Waals surface area contributed by atoms with Crippen LogP contribution in [-0.4, -0.2) is 56.0 Å². The van der Waals surface area contributed by atoms with Crippen molar-refractivity contribution in [1.82, 2.24) is 14.7 Å². The molecular weight excluding hydrogens is 370 g/mol. The SMILES string of the molecule is CCC[C@]1(C(=O)O)CCN(C(=O)c2ccc(Cn3nc(C)cc3C)cc2)C[C@@H]1O. The molecule has 0 spiro atoms. The Hall–Kier alpha value is -2.67. The molecule has 1 aliphatic rings. The summed E-state index contributed by atoms with van der Waals surface area (Å²) in [5.41, 5.74) is 2.47. The van der Waals surface area contributed by atoms with Gasteiger partial charge in [0.1, 0.15) is 0 Å². The normalized spacial score (nSPS) is 21.9. The third-order valence-electron chi connectivity index (χ3n) is 5.90. The number of carboxylic acid groups (broad SMARTS) is 1. The van der Waals surface area contributed by atoms with Crippen LogP contribution in [0.4, 0.5) is 0 Å². The van der Waals surface area contributed by atoms with Gasteiger partial charge in [0.2, 0.25) is 0 Å². The Morgan fingerprint density at radius 1 is 1.24 bits per heavy atom. The standard InChI is InChI=1S/C22H29N3O4/c1-4-9-22(21(28)29)10-11-24(14-19(22)26)20(27)18-7-5-17(6-8-18)13-25-16(3)12-15(2)23-25/h5-8,12,19,26H,4,9-11,13-14H2,1-3H3,(H,28,29)/t19-,22-/m0/s1. The van der Waals surface area contributed by atoms with Gasteiger partial charge < -0.3 is 15.1 Å². The smallest absolute Gasteiger partial charge is 0.312 e. The van der Waals surface area contributed by atoms with Gasteiger partial charge in [0, 0.05) is 24.3 Å². The number of β-amino-alcohol motifs (C(OH)–C–C–N with tert-alkyl or cyclic N) is 1. The number of carboxylic acids is 1. The summed E-state index contributed by atoms with van der Waals surface area (Å²) in [5.74, 6) is -1.16. The van der Waals surface area contributed by atoms with Crippen molar-refractivity contribution in [2.75, 3.05) is 13.1 Å². The number of aryl methyl sites for hydroxylation is 2. The minimum atomic E-state index is -1.16. The summed E-state index contributed by atoms with van der Waals surface area (Å²) in [7, 11) is 0. The molecule has 156 valence electrons. The molecule has 2 aromatic rings. The van der Waals surface area contributed by atoms with Gasteiger partial charge in [-0.1, -0.05) is 25.5 Å². The van der Waals surface area contributed by atoms with Crippen LogP contribution < -0.4 is 0 Å². The monoisotopic (exact) mass is 399 g/mol. The van der Waals surface area contributed by atoms with Crippen molar-refractivity contribution in [2.45, 2.75) is 52.7 Å². The topological polar surface area (TPSA) is 95.7 Å². The van der Waals surface area contributed by atoms with Gasteiger partial charge in [0.15, 0.2) is 0 Å². The highest BCUT2D eigenvalue weighted by Crippen LogP contribution is 2.37. The predicted octanol–water partition coefficient (Wildman–Crippen LogP) is 2.63. The average Bonchev–Trinajstić information content (AvgIpc) is 3.00. The van der Waals surface area contributed by atoms with Crippen molar-refractivity contribution in [3.8, 4) is 0 Å². The number of hydrogen-bond acceptors (Lipinski definition) is 4. The van der Waals surface area contributed by atoms with E-state index in [-0.39, 0.29) is 18.9 Å². The second-order valence-corrected chi connectivity index (χ2v) is 8.01. The van der Waals surface area contributed by atoms with Crippen molar-refractivity contribution in [3.05, 3.63) is 52.8 Å². The maximum absolute atomic E-state index is 12.9. The summed E-state index contributed by atoms with van der Waals surface area (Å²) >= 11 is 0. The summed E-state index contributed by atoms with van der Waals surface area (Å²) < 4.78 is 1.92. The molecule has 2 atom stereocenters. The number of piperidine rings is 1. The number of hydrogen-bond donors (Lipinski definition) is 2. The highest BCUT2D eigenvalue weighted by atomic mass is 16.4. The second-order valence-electron chi connectivity index (χ2n) is 8.01. The number of rotatable bonds is 6. The molecular formula is C22H29N3O4. The number of aromatic nitrogens is 2. The number of aliphatic hydroxyl groups excluding tert-OH is 1. The Morgan fingerprint density at radius 3 is 2.45 bits per heavy atom. The van der Waals surface area contributed by atoms with E-state index in [1.165, 1.54) is 0 Å². The number of likely N-dealkylation sites (tertiary alicyclic amines) is 1. The molecule has 0 aliphatic carbocycles. The number of carbonyl (C=O) groups excluding carboxylic acids is 1. The number of amides is 1. The van der Waals surface area contributed by atoms with Gasteiger partial charge in [-0.2, -0.15) is 5.10 Å². The van der Waals surface area contributed by atoms with E-state index < -0.39 is 17.5 Å². The van der Waals surface area contributed by atoms with E-state index in [2.05, 4.69) is 5.10 Å². The van der Waals surface area contributed by atoms with Crippen molar-refractivity contribution >= 4 is 11.9 Å². The molecule has 2 N–H and O–H groups in total. The van der Waals surface area contributed by atoms with Crippen LogP contribution in [0.1, 0.15) is 53.5 Å². The lowest BCUT2D eigenvalue weighted by atomic mass is 9.72. The summed E-state index contributed by atoms with van der Waals surface area (Å²) in [6.45, 7) is 6.87. The van der Waals surface area contributed by atoms with Crippen LogP contribution in [0.3, 0.4) is 0 Å². The van der Waals surface area contributed by atoms with E-state index in [0.717, 1.165) is 17.0 Å². The first-order chi connectivity index (χ1) is 13.8. The third-order valence-corrected chi connectivity index (χ3v) is 5.90. The Bertz CT molecular complexity index is 890. The van der Waals surface area contributed by atoms with Crippen molar-refractivity contribution < 1.29 is 19.8 Å². The Labute approximate surface area is 171 Å². The summed E-state index contributed by atoms with van der Waals surface area (Å²) in [6, 6.07) is 9.39. The van der Waals surface area contributed by atoms with Crippen LogP contribution >= 0.6 is 0 Å². The highest BCUT2D eigenvalue weighted by Gasteiger charge is 2.48. The molecule has 1 aromatic heterocycles. The van der Waals surface area contributed by atoms with Crippen LogP contribution in [0.5, 0.6) is 0 Å². The lowest BCUT2D eigenvalue weighted by Gasteiger charge is -2.42. The maximum Gasteiger partial charge on any atom is 0.312 e. The number of carbonyl (C=O) groups is 2. The van der Waals surface area contributed by atoms with Gasteiger partial charge in [-0.05, 0) is 50.5 Å². The van der Waals surface area contributed by atoms with E-state index in [9.17, 15) is 19.8 Å². The predicted molar refractivity (Wildman–Crippen MR) is 109 cm³/mol. The summed E-state index contributed by atoms with van der Waals surface area (Å²) in [4.78, 5) is 26.2. The molecule has 7 nitrogen and oxygen atoms in total. The quantitative estimate of drug-likeness (QED) is 0.779. The van der Waals surface area contributed by atoms with Crippen molar-refractivity contribution in [3.63, 3.8) is 0 Å². The maximum atomic E-state index is 12.9. The first kappa shape index (κ1) is 21.0. The number of aliphatic carboxylic acids is 1. The van der Waals surface area contributed by atoms with Gasteiger partial charge in [-0.15, -0.1) is 0 Å². The summed E-state index contributed by atoms with van der Waals surface area (Å²) in [5, 5.41) is 24.6. The molecule has 1 fully saturated rings. The van der Waals surface area contributed by atoms with Crippen molar-refractivity contribution in [1.29, 1.82) is 0 Å². The fourth-order valence-corrected chi connectivity index (χ4v) is 4.20.